The van der Waals surface area contributed by atoms with Gasteiger partial charge < -0.3 is 9.88 Å². The lowest BCUT2D eigenvalue weighted by molar-refractivity contribution is -0.126. The van der Waals surface area contributed by atoms with Crippen molar-refractivity contribution in [2.45, 2.75) is 31.2 Å². The Morgan fingerprint density at radius 3 is 2.67 bits per heavy atom. The minimum absolute atomic E-state index is 0.0889. The molecule has 6 nitrogen and oxygen atoms in total. The van der Waals surface area contributed by atoms with Crippen molar-refractivity contribution >= 4 is 26.8 Å². The Morgan fingerprint density at radius 1 is 1.13 bits per heavy atom. The van der Waals surface area contributed by atoms with Gasteiger partial charge in [0.2, 0.25) is 15.9 Å². The van der Waals surface area contributed by atoms with E-state index in [0.717, 1.165) is 16.5 Å². The summed E-state index contributed by atoms with van der Waals surface area (Å²) in [7, 11) is -1.71. The lowest BCUT2D eigenvalue weighted by atomic mass is 9.98. The minimum Gasteiger partial charge on any atom is -0.352 e. The monoisotopic (exact) mass is 425 g/mol. The normalized spacial score (nSPS) is 17.9. The van der Waals surface area contributed by atoms with Gasteiger partial charge in [-0.15, -0.1) is 0 Å². The molecule has 4 rings (SSSR count). The molecule has 1 saturated heterocycles. The second-order valence-electron chi connectivity index (χ2n) is 8.05. The van der Waals surface area contributed by atoms with Gasteiger partial charge in [-0.1, -0.05) is 29.8 Å². The number of benzene rings is 2. The Labute approximate surface area is 177 Å². The number of piperidine rings is 1. The number of nitrogens with one attached hydrogen (secondary N) is 1. The van der Waals surface area contributed by atoms with E-state index in [4.69, 9.17) is 0 Å². The van der Waals surface area contributed by atoms with Crippen LogP contribution < -0.4 is 5.32 Å². The first-order valence-electron chi connectivity index (χ1n) is 10.2. The average molecular weight is 426 g/mol. The van der Waals surface area contributed by atoms with Crippen molar-refractivity contribution in [3.8, 4) is 0 Å². The minimum atomic E-state index is -3.64. The highest BCUT2D eigenvalue weighted by molar-refractivity contribution is 7.89. The number of hydrogen-bond donors (Lipinski definition) is 1. The number of hydrogen-bond acceptors (Lipinski definition) is 3. The molecule has 2 aromatic carbocycles. The summed E-state index contributed by atoms with van der Waals surface area (Å²) >= 11 is 0. The molecule has 1 aliphatic rings. The first-order chi connectivity index (χ1) is 14.3. The summed E-state index contributed by atoms with van der Waals surface area (Å²) < 4.78 is 29.8. The van der Waals surface area contributed by atoms with Gasteiger partial charge in [-0.25, -0.2) is 8.42 Å². The van der Waals surface area contributed by atoms with Crippen LogP contribution in [0.15, 0.2) is 59.6 Å². The van der Waals surface area contributed by atoms with Gasteiger partial charge in [0, 0.05) is 43.8 Å². The third kappa shape index (κ3) is 4.13. The number of carbonyl (C=O) groups is 1. The molecule has 2 heterocycles. The fourth-order valence-electron chi connectivity index (χ4n) is 3.98. The van der Waals surface area contributed by atoms with Crippen LogP contribution in [0.1, 0.15) is 24.0 Å². The largest absolute Gasteiger partial charge is 0.352 e. The standard InChI is InChI=1S/C23H27N3O3S/c1-17-5-7-18(8-6-17)15-24-23(27)20-4-3-12-26(16-20)30(28,29)21-9-10-22-19(14-21)11-13-25(22)2/h5-11,13-14,20H,3-4,12,15-16H2,1-2H3,(H,24,27)/t20-/m1/s1. The number of carbonyl (C=O) groups excluding carboxylic acids is 1. The molecule has 1 fully saturated rings. The summed E-state index contributed by atoms with van der Waals surface area (Å²) in [6.07, 6.45) is 3.29. The SMILES string of the molecule is Cc1ccc(CNC(=O)[C@@H]2CCCN(S(=O)(=O)c3ccc4c(ccn4C)c3)C2)cc1. The second-order valence-corrected chi connectivity index (χ2v) is 9.99. The topological polar surface area (TPSA) is 71.4 Å². The average Bonchev–Trinajstić information content (AvgIpc) is 3.13. The summed E-state index contributed by atoms with van der Waals surface area (Å²) in [6.45, 7) is 3.13. The number of fused-ring (bicyclic) bond motifs is 1. The highest BCUT2D eigenvalue weighted by Crippen LogP contribution is 2.26. The summed E-state index contributed by atoms with van der Waals surface area (Å²) in [4.78, 5) is 13.0. The van der Waals surface area contributed by atoms with Crippen molar-refractivity contribution < 1.29 is 13.2 Å². The smallest absolute Gasteiger partial charge is 0.243 e. The molecule has 0 bridgehead atoms. The van der Waals surface area contributed by atoms with E-state index in [9.17, 15) is 13.2 Å². The van der Waals surface area contributed by atoms with Crippen molar-refractivity contribution in [1.82, 2.24) is 14.2 Å². The lowest BCUT2D eigenvalue weighted by Crippen LogP contribution is -2.45. The fourth-order valence-corrected chi connectivity index (χ4v) is 5.54. The van der Waals surface area contributed by atoms with Crippen molar-refractivity contribution in [2.24, 2.45) is 13.0 Å². The van der Waals surface area contributed by atoms with E-state index >= 15 is 0 Å². The van der Waals surface area contributed by atoms with Gasteiger partial charge in [0.05, 0.1) is 10.8 Å². The molecule has 0 saturated carbocycles. The van der Waals surface area contributed by atoms with Crippen LogP contribution in [0.25, 0.3) is 10.9 Å². The van der Waals surface area contributed by atoms with E-state index in [2.05, 4.69) is 5.32 Å². The molecule has 30 heavy (non-hydrogen) atoms. The van der Waals surface area contributed by atoms with Gasteiger partial charge in [-0.2, -0.15) is 4.31 Å². The van der Waals surface area contributed by atoms with Crippen LogP contribution in [0.3, 0.4) is 0 Å². The van der Waals surface area contributed by atoms with Crippen molar-refractivity contribution in [3.63, 3.8) is 0 Å². The van der Waals surface area contributed by atoms with E-state index < -0.39 is 10.0 Å². The first-order valence-corrected chi connectivity index (χ1v) is 11.7. The van der Waals surface area contributed by atoms with Crippen molar-refractivity contribution in [1.29, 1.82) is 0 Å². The molecule has 0 radical (unpaired) electrons. The predicted octanol–water partition coefficient (Wildman–Crippen LogP) is 3.20. The molecule has 1 atom stereocenters. The molecule has 3 aromatic rings. The Kier molecular flexibility index (Phi) is 5.66. The maximum atomic E-state index is 13.2. The van der Waals surface area contributed by atoms with Gasteiger partial charge in [0.25, 0.3) is 0 Å². The van der Waals surface area contributed by atoms with Crippen LogP contribution in [0, 0.1) is 12.8 Å². The zero-order chi connectivity index (χ0) is 21.3. The lowest BCUT2D eigenvalue weighted by Gasteiger charge is -2.31. The summed E-state index contributed by atoms with van der Waals surface area (Å²) in [5.74, 6) is -0.423. The number of aryl methyl sites for hydroxylation is 2. The van der Waals surface area contributed by atoms with Crippen molar-refractivity contribution in [3.05, 3.63) is 65.9 Å². The van der Waals surface area contributed by atoms with Gasteiger partial charge in [-0.3, -0.25) is 4.79 Å². The van der Waals surface area contributed by atoms with Crippen LogP contribution in [-0.2, 0) is 28.4 Å². The summed E-state index contributed by atoms with van der Waals surface area (Å²) in [5.41, 5.74) is 3.19. The van der Waals surface area contributed by atoms with E-state index in [1.54, 1.807) is 12.1 Å². The summed E-state index contributed by atoms with van der Waals surface area (Å²) in [5, 5.41) is 3.86. The number of nitrogens with zero attached hydrogens (tertiary/aromatic N) is 2. The molecule has 0 unspecified atom stereocenters. The molecule has 0 aliphatic carbocycles. The molecule has 1 aliphatic heterocycles. The maximum absolute atomic E-state index is 13.2. The fraction of sp³-hybridized carbons (Fsp3) is 0.348. The highest BCUT2D eigenvalue weighted by atomic mass is 32.2. The molecule has 158 valence electrons. The van der Waals surface area contributed by atoms with Crippen LogP contribution in [0.2, 0.25) is 0 Å². The van der Waals surface area contributed by atoms with Gasteiger partial charge in [0.1, 0.15) is 0 Å². The third-order valence-corrected chi connectivity index (χ3v) is 7.70. The Bertz CT molecular complexity index is 1170. The second kappa shape index (κ2) is 8.24. The van der Waals surface area contributed by atoms with E-state index in [0.29, 0.717) is 25.9 Å². The Morgan fingerprint density at radius 2 is 1.90 bits per heavy atom. The van der Waals surface area contributed by atoms with Crippen LogP contribution >= 0.6 is 0 Å². The predicted molar refractivity (Wildman–Crippen MR) is 117 cm³/mol. The van der Waals surface area contributed by atoms with Crippen LogP contribution in [-0.4, -0.2) is 36.3 Å². The molecule has 1 N–H and O–H groups in total. The molecular weight excluding hydrogens is 398 g/mol. The molecule has 1 amide bonds. The third-order valence-electron chi connectivity index (χ3n) is 5.84. The number of sulfonamides is 1. The zero-order valence-corrected chi connectivity index (χ0v) is 18.2. The van der Waals surface area contributed by atoms with E-state index in [1.807, 2.05) is 61.1 Å². The van der Waals surface area contributed by atoms with Crippen LogP contribution in [0.4, 0.5) is 0 Å². The summed E-state index contributed by atoms with van der Waals surface area (Å²) in [6, 6.07) is 15.1. The number of amides is 1. The number of rotatable bonds is 5. The van der Waals surface area contributed by atoms with Crippen LogP contribution in [0.5, 0.6) is 0 Å². The zero-order valence-electron chi connectivity index (χ0n) is 17.3. The quantitative estimate of drug-likeness (QED) is 0.682. The molecule has 7 heteroatoms. The van der Waals surface area contributed by atoms with Gasteiger partial charge in [0.15, 0.2) is 0 Å². The Balaban J connectivity index is 1.45. The van der Waals surface area contributed by atoms with Crippen molar-refractivity contribution in [2.75, 3.05) is 13.1 Å². The van der Waals surface area contributed by atoms with E-state index in [-0.39, 0.29) is 23.3 Å². The molecular formula is C23H27N3O3S. The maximum Gasteiger partial charge on any atom is 0.243 e. The van der Waals surface area contributed by atoms with Gasteiger partial charge in [-0.05, 0) is 49.6 Å². The first kappa shape index (κ1) is 20.6. The Hall–Kier alpha value is -2.64. The van der Waals surface area contributed by atoms with Gasteiger partial charge >= 0.3 is 0 Å². The highest BCUT2D eigenvalue weighted by Gasteiger charge is 2.33. The van der Waals surface area contributed by atoms with E-state index in [1.165, 1.54) is 9.87 Å². The molecule has 1 aromatic heterocycles. The number of aromatic nitrogens is 1. The molecule has 0 spiro atoms.